The molecule has 2 rings (SSSR count). The van der Waals surface area contributed by atoms with Gasteiger partial charge in [-0.05, 0) is 40.5 Å². The molecule has 1 unspecified atom stereocenters. The van der Waals surface area contributed by atoms with Gasteiger partial charge < -0.3 is 10.2 Å². The van der Waals surface area contributed by atoms with Crippen LogP contribution in [0.2, 0.25) is 0 Å². The number of carbonyl (C=O) groups excluding carboxylic acids is 1. The molecule has 1 N–H and O–H groups in total. The van der Waals surface area contributed by atoms with Crippen LogP contribution in [0.5, 0.6) is 0 Å². The molecule has 2 fully saturated rings. The van der Waals surface area contributed by atoms with Gasteiger partial charge in [-0.3, -0.25) is 4.79 Å². The van der Waals surface area contributed by atoms with Gasteiger partial charge in [-0.2, -0.15) is 12.6 Å². The monoisotopic (exact) mass is 256 g/mol. The molecule has 2 aliphatic heterocycles. The van der Waals surface area contributed by atoms with Crippen molar-refractivity contribution < 1.29 is 4.79 Å². The lowest BCUT2D eigenvalue weighted by molar-refractivity contribution is -0.131. The molecule has 0 aromatic heterocycles. The van der Waals surface area contributed by atoms with E-state index in [1.165, 1.54) is 0 Å². The van der Waals surface area contributed by atoms with Gasteiger partial charge in [-0.15, -0.1) is 0 Å². The van der Waals surface area contributed by atoms with Crippen molar-refractivity contribution in [2.45, 2.75) is 69.3 Å². The van der Waals surface area contributed by atoms with Crippen molar-refractivity contribution in [2.24, 2.45) is 0 Å². The summed E-state index contributed by atoms with van der Waals surface area (Å²) in [5.74, 6) is 0.281. The quantitative estimate of drug-likeness (QED) is 0.702. The second-order valence-corrected chi connectivity index (χ2v) is 7.59. The Labute approximate surface area is 110 Å². The Balaban J connectivity index is 2.13. The molecule has 0 aromatic carbocycles. The minimum atomic E-state index is 0.0986. The highest BCUT2D eigenvalue weighted by molar-refractivity contribution is 7.81. The van der Waals surface area contributed by atoms with Gasteiger partial charge in [0.05, 0.1) is 0 Å². The van der Waals surface area contributed by atoms with Crippen molar-refractivity contribution in [3.63, 3.8) is 0 Å². The number of rotatable bonds is 1. The van der Waals surface area contributed by atoms with E-state index in [9.17, 15) is 4.79 Å². The molecule has 0 bridgehead atoms. The summed E-state index contributed by atoms with van der Waals surface area (Å²) >= 11 is 4.44. The standard InChI is InChI=1S/C13H24N2OS/c1-12(2)6-9(7-13(3,4)14-12)15-8-10(17)5-11(15)16/h9-10,14,17H,5-8H2,1-4H3. The maximum atomic E-state index is 12.0. The maximum absolute atomic E-state index is 12.0. The molecule has 17 heavy (non-hydrogen) atoms. The summed E-state index contributed by atoms with van der Waals surface area (Å²) in [6, 6.07) is 0.367. The Hall–Kier alpha value is -0.220. The third-order valence-electron chi connectivity index (χ3n) is 3.75. The topological polar surface area (TPSA) is 32.3 Å². The highest BCUT2D eigenvalue weighted by Crippen LogP contribution is 2.33. The fourth-order valence-corrected chi connectivity index (χ4v) is 3.89. The van der Waals surface area contributed by atoms with E-state index in [-0.39, 0.29) is 22.2 Å². The Morgan fingerprint density at radius 1 is 1.24 bits per heavy atom. The average Bonchev–Trinajstić information content (AvgIpc) is 2.39. The van der Waals surface area contributed by atoms with E-state index < -0.39 is 0 Å². The Morgan fingerprint density at radius 2 is 1.76 bits per heavy atom. The Bertz CT molecular complexity index is 311. The second kappa shape index (κ2) is 4.16. The molecule has 2 aliphatic rings. The first-order valence-electron chi connectivity index (χ1n) is 6.45. The van der Waals surface area contributed by atoms with Crippen molar-refractivity contribution >= 4 is 18.5 Å². The lowest BCUT2D eigenvalue weighted by Crippen LogP contribution is -2.62. The van der Waals surface area contributed by atoms with Crippen LogP contribution in [0.15, 0.2) is 0 Å². The number of carbonyl (C=O) groups is 1. The van der Waals surface area contributed by atoms with Crippen molar-refractivity contribution in [1.29, 1.82) is 0 Å². The molecular weight excluding hydrogens is 232 g/mol. The van der Waals surface area contributed by atoms with Gasteiger partial charge in [-0.25, -0.2) is 0 Å². The number of likely N-dealkylation sites (tertiary alicyclic amines) is 1. The molecule has 0 aromatic rings. The van der Waals surface area contributed by atoms with E-state index in [2.05, 4.69) is 50.5 Å². The van der Waals surface area contributed by atoms with Gasteiger partial charge in [0.15, 0.2) is 0 Å². The van der Waals surface area contributed by atoms with Gasteiger partial charge in [-0.1, -0.05) is 0 Å². The Morgan fingerprint density at radius 3 is 2.18 bits per heavy atom. The first-order chi connectivity index (χ1) is 7.69. The van der Waals surface area contributed by atoms with E-state index in [0.717, 1.165) is 19.4 Å². The molecule has 0 spiro atoms. The van der Waals surface area contributed by atoms with E-state index in [4.69, 9.17) is 0 Å². The van der Waals surface area contributed by atoms with Crippen LogP contribution in [0.1, 0.15) is 47.0 Å². The van der Waals surface area contributed by atoms with Crippen LogP contribution in [-0.4, -0.2) is 39.7 Å². The highest BCUT2D eigenvalue weighted by Gasteiger charge is 2.43. The maximum Gasteiger partial charge on any atom is 0.224 e. The lowest BCUT2D eigenvalue weighted by Gasteiger charge is -2.49. The molecule has 1 atom stereocenters. The summed E-state index contributed by atoms with van der Waals surface area (Å²) in [6.07, 6.45) is 2.67. The van der Waals surface area contributed by atoms with E-state index in [1.54, 1.807) is 0 Å². The number of hydrogen-bond donors (Lipinski definition) is 2. The predicted octanol–water partition coefficient (Wildman–Crippen LogP) is 1.83. The smallest absolute Gasteiger partial charge is 0.224 e. The molecule has 4 heteroatoms. The van der Waals surface area contributed by atoms with Crippen molar-refractivity contribution in [3.8, 4) is 0 Å². The number of hydrogen-bond acceptors (Lipinski definition) is 3. The Kier molecular flexibility index (Phi) is 3.24. The highest BCUT2D eigenvalue weighted by atomic mass is 32.1. The third-order valence-corrected chi connectivity index (χ3v) is 4.09. The number of nitrogens with one attached hydrogen (secondary N) is 1. The number of thiol groups is 1. The average molecular weight is 256 g/mol. The van der Waals surface area contributed by atoms with Crippen LogP contribution in [-0.2, 0) is 4.79 Å². The van der Waals surface area contributed by atoms with E-state index >= 15 is 0 Å². The third kappa shape index (κ3) is 2.97. The van der Waals surface area contributed by atoms with E-state index in [1.807, 2.05) is 0 Å². The second-order valence-electron chi connectivity index (χ2n) is 6.86. The summed E-state index contributed by atoms with van der Waals surface area (Å²) in [6.45, 7) is 9.71. The number of piperidine rings is 1. The normalized spacial score (nSPS) is 33.1. The van der Waals surface area contributed by atoms with Gasteiger partial charge in [0.2, 0.25) is 5.91 Å². The van der Waals surface area contributed by atoms with Crippen LogP contribution in [0.3, 0.4) is 0 Å². The first kappa shape index (κ1) is 13.2. The minimum absolute atomic E-state index is 0.0986. The molecule has 98 valence electrons. The van der Waals surface area contributed by atoms with Crippen LogP contribution in [0.4, 0.5) is 0 Å². The van der Waals surface area contributed by atoms with Gasteiger partial charge >= 0.3 is 0 Å². The summed E-state index contributed by atoms with van der Waals surface area (Å²) in [7, 11) is 0. The van der Waals surface area contributed by atoms with Crippen LogP contribution in [0.25, 0.3) is 0 Å². The summed E-state index contributed by atoms with van der Waals surface area (Å²) in [5, 5.41) is 3.88. The van der Waals surface area contributed by atoms with Crippen molar-refractivity contribution in [2.75, 3.05) is 6.54 Å². The fraction of sp³-hybridized carbons (Fsp3) is 0.923. The predicted molar refractivity (Wildman–Crippen MR) is 73.4 cm³/mol. The van der Waals surface area contributed by atoms with Crippen LogP contribution < -0.4 is 5.32 Å². The molecular formula is C13H24N2OS. The van der Waals surface area contributed by atoms with Gasteiger partial charge in [0.1, 0.15) is 0 Å². The molecule has 1 amide bonds. The summed E-state index contributed by atoms with van der Waals surface area (Å²) in [5.41, 5.74) is 0.197. The fourth-order valence-electron chi connectivity index (χ4n) is 3.55. The molecule has 0 radical (unpaired) electrons. The zero-order chi connectivity index (χ0) is 12.8. The van der Waals surface area contributed by atoms with Crippen LogP contribution >= 0.6 is 12.6 Å². The largest absolute Gasteiger partial charge is 0.338 e. The molecule has 2 heterocycles. The van der Waals surface area contributed by atoms with Crippen molar-refractivity contribution in [1.82, 2.24) is 10.2 Å². The molecule has 3 nitrogen and oxygen atoms in total. The minimum Gasteiger partial charge on any atom is -0.338 e. The molecule has 2 saturated heterocycles. The zero-order valence-electron chi connectivity index (χ0n) is 11.3. The van der Waals surface area contributed by atoms with Gasteiger partial charge in [0.25, 0.3) is 0 Å². The lowest BCUT2D eigenvalue weighted by atomic mass is 9.79. The zero-order valence-corrected chi connectivity index (χ0v) is 12.2. The summed E-state index contributed by atoms with van der Waals surface area (Å²) in [4.78, 5) is 14.0. The number of amides is 1. The molecule has 0 saturated carbocycles. The van der Waals surface area contributed by atoms with Gasteiger partial charge in [0, 0.05) is 35.3 Å². The summed E-state index contributed by atoms with van der Waals surface area (Å²) < 4.78 is 0. The number of nitrogens with zero attached hydrogens (tertiary/aromatic N) is 1. The SMILES string of the molecule is CC1(C)CC(N2CC(S)CC2=O)CC(C)(C)N1. The molecule has 0 aliphatic carbocycles. The van der Waals surface area contributed by atoms with Crippen molar-refractivity contribution in [3.05, 3.63) is 0 Å². The van der Waals surface area contributed by atoms with Crippen LogP contribution in [0, 0.1) is 0 Å². The van der Waals surface area contributed by atoms with E-state index in [0.29, 0.717) is 12.5 Å². The first-order valence-corrected chi connectivity index (χ1v) is 6.97.